The number of amides is 2. The fourth-order valence-electron chi connectivity index (χ4n) is 3.68. The van der Waals surface area contributed by atoms with Crippen molar-refractivity contribution in [3.63, 3.8) is 0 Å². The summed E-state index contributed by atoms with van der Waals surface area (Å²) in [5.41, 5.74) is 3.08. The first-order chi connectivity index (χ1) is 16.0. The van der Waals surface area contributed by atoms with Crippen molar-refractivity contribution in [2.75, 3.05) is 5.32 Å². The Labute approximate surface area is 199 Å². The second-order valence-electron chi connectivity index (χ2n) is 8.27. The molecule has 0 saturated heterocycles. The highest BCUT2D eigenvalue weighted by atomic mass is 32.1. The summed E-state index contributed by atoms with van der Waals surface area (Å²) in [6.45, 7) is 6.15. The van der Waals surface area contributed by atoms with Crippen molar-refractivity contribution in [1.29, 1.82) is 0 Å². The normalized spacial score (nSPS) is 12.7. The van der Waals surface area contributed by atoms with Gasteiger partial charge in [-0.1, -0.05) is 92.1 Å². The van der Waals surface area contributed by atoms with Gasteiger partial charge in [-0.3, -0.25) is 14.9 Å². The maximum Gasteiger partial charge on any atom is 0.249 e. The van der Waals surface area contributed by atoms with Gasteiger partial charge in [-0.2, -0.15) is 0 Å². The lowest BCUT2D eigenvalue weighted by molar-refractivity contribution is -0.129. The Morgan fingerprint density at radius 1 is 1.00 bits per heavy atom. The first-order valence-corrected chi connectivity index (χ1v) is 12.4. The van der Waals surface area contributed by atoms with Gasteiger partial charge in [0.05, 0.1) is 0 Å². The average Bonchev–Trinajstić information content (AvgIpc) is 3.28. The van der Waals surface area contributed by atoms with Gasteiger partial charge in [0.25, 0.3) is 0 Å². The zero-order valence-electron chi connectivity index (χ0n) is 19.5. The number of aryl methyl sites for hydroxylation is 1. The molecular weight excluding hydrogens is 432 g/mol. The van der Waals surface area contributed by atoms with Crippen LogP contribution in [-0.2, 0) is 16.0 Å². The molecule has 0 radical (unpaired) electrons. The monoisotopic (exact) mass is 464 g/mol. The van der Waals surface area contributed by atoms with Crippen molar-refractivity contribution >= 4 is 28.3 Å². The number of anilines is 1. The molecule has 3 aromatic rings. The number of nitrogens with zero attached hydrogens (tertiary/aromatic N) is 2. The SMILES string of the molecule is CCCCC(CC)C(=O)NC(Cc1ccccc1)C(=O)Nc1nnc(-c2cccc(C)c2)s1. The third kappa shape index (κ3) is 7.22. The van der Waals surface area contributed by atoms with E-state index in [1.807, 2.05) is 68.4 Å². The Kier molecular flexibility index (Phi) is 9.13. The number of nitrogens with one attached hydrogen (secondary N) is 2. The van der Waals surface area contributed by atoms with E-state index in [1.165, 1.54) is 11.3 Å². The minimum atomic E-state index is -0.693. The molecule has 0 saturated carbocycles. The minimum absolute atomic E-state index is 0.0697. The van der Waals surface area contributed by atoms with E-state index in [-0.39, 0.29) is 17.7 Å². The van der Waals surface area contributed by atoms with Crippen LogP contribution in [-0.4, -0.2) is 28.1 Å². The standard InChI is InChI=1S/C26H32N4O2S/c1-4-6-14-20(5-2)23(31)27-22(17-19-12-8-7-9-13-19)24(32)28-26-30-29-25(33-26)21-15-10-11-18(3)16-21/h7-13,15-16,20,22H,4-6,14,17H2,1-3H3,(H,27,31)(H,28,30,32). The molecule has 0 bridgehead atoms. The summed E-state index contributed by atoms with van der Waals surface area (Å²) < 4.78 is 0. The Morgan fingerprint density at radius 2 is 1.79 bits per heavy atom. The summed E-state index contributed by atoms with van der Waals surface area (Å²) in [5.74, 6) is -0.449. The van der Waals surface area contributed by atoms with Crippen molar-refractivity contribution in [1.82, 2.24) is 15.5 Å². The van der Waals surface area contributed by atoms with Crippen LogP contribution < -0.4 is 10.6 Å². The fourth-order valence-corrected chi connectivity index (χ4v) is 4.42. The summed E-state index contributed by atoms with van der Waals surface area (Å²) in [4.78, 5) is 26.1. The van der Waals surface area contributed by atoms with Gasteiger partial charge in [-0.15, -0.1) is 10.2 Å². The third-order valence-electron chi connectivity index (χ3n) is 5.61. The molecule has 2 aromatic carbocycles. The van der Waals surface area contributed by atoms with Gasteiger partial charge in [-0.05, 0) is 31.4 Å². The molecule has 33 heavy (non-hydrogen) atoms. The van der Waals surface area contributed by atoms with E-state index in [1.54, 1.807) is 0 Å². The van der Waals surface area contributed by atoms with E-state index in [0.717, 1.165) is 47.4 Å². The Balaban J connectivity index is 1.74. The lowest BCUT2D eigenvalue weighted by atomic mass is 9.97. The van der Waals surface area contributed by atoms with E-state index in [9.17, 15) is 9.59 Å². The Hall–Kier alpha value is -3.06. The molecule has 2 N–H and O–H groups in total. The molecule has 0 aliphatic heterocycles. The van der Waals surface area contributed by atoms with E-state index >= 15 is 0 Å². The van der Waals surface area contributed by atoms with E-state index in [2.05, 4.69) is 27.8 Å². The number of aromatic nitrogens is 2. The largest absolute Gasteiger partial charge is 0.344 e. The van der Waals surface area contributed by atoms with Gasteiger partial charge >= 0.3 is 0 Å². The molecule has 174 valence electrons. The number of hydrogen-bond acceptors (Lipinski definition) is 5. The van der Waals surface area contributed by atoms with Crippen LogP contribution in [0.25, 0.3) is 10.6 Å². The Morgan fingerprint density at radius 3 is 2.48 bits per heavy atom. The molecule has 2 amide bonds. The van der Waals surface area contributed by atoms with E-state index in [0.29, 0.717) is 11.6 Å². The molecule has 2 atom stereocenters. The molecule has 0 fully saturated rings. The first kappa shape index (κ1) is 24.6. The quantitative estimate of drug-likeness (QED) is 0.398. The van der Waals surface area contributed by atoms with Gasteiger partial charge in [0.2, 0.25) is 16.9 Å². The number of hydrogen-bond donors (Lipinski definition) is 2. The van der Waals surface area contributed by atoms with Crippen LogP contribution in [0.4, 0.5) is 5.13 Å². The average molecular weight is 465 g/mol. The smallest absolute Gasteiger partial charge is 0.249 e. The second kappa shape index (κ2) is 12.3. The van der Waals surface area contributed by atoms with Gasteiger partial charge < -0.3 is 5.32 Å². The second-order valence-corrected chi connectivity index (χ2v) is 9.25. The number of unbranched alkanes of at least 4 members (excludes halogenated alkanes) is 1. The van der Waals surface area contributed by atoms with E-state index in [4.69, 9.17) is 0 Å². The lowest BCUT2D eigenvalue weighted by Crippen LogP contribution is -2.47. The summed E-state index contributed by atoms with van der Waals surface area (Å²) >= 11 is 1.32. The minimum Gasteiger partial charge on any atom is -0.344 e. The molecule has 1 aromatic heterocycles. The molecule has 3 rings (SSSR count). The molecular formula is C26H32N4O2S. The fraction of sp³-hybridized carbons (Fsp3) is 0.385. The van der Waals surface area contributed by atoms with Crippen LogP contribution in [0.2, 0.25) is 0 Å². The van der Waals surface area contributed by atoms with Gasteiger partial charge in [0.1, 0.15) is 11.0 Å². The van der Waals surface area contributed by atoms with Crippen LogP contribution in [0.1, 0.15) is 50.7 Å². The molecule has 6 nitrogen and oxygen atoms in total. The number of benzene rings is 2. The zero-order valence-corrected chi connectivity index (χ0v) is 20.3. The van der Waals surface area contributed by atoms with Crippen molar-refractivity contribution in [2.24, 2.45) is 5.92 Å². The molecule has 2 unspecified atom stereocenters. The van der Waals surface area contributed by atoms with E-state index < -0.39 is 6.04 Å². The van der Waals surface area contributed by atoms with Crippen LogP contribution in [0, 0.1) is 12.8 Å². The van der Waals surface area contributed by atoms with Crippen molar-refractivity contribution in [3.05, 3.63) is 65.7 Å². The van der Waals surface area contributed by atoms with Crippen LogP contribution in [0.3, 0.4) is 0 Å². The lowest BCUT2D eigenvalue weighted by Gasteiger charge is -2.21. The maximum absolute atomic E-state index is 13.2. The third-order valence-corrected chi connectivity index (χ3v) is 6.49. The molecule has 0 aliphatic carbocycles. The summed E-state index contributed by atoms with van der Waals surface area (Å²) in [6.07, 6.45) is 4.02. The van der Waals surface area contributed by atoms with Crippen molar-refractivity contribution < 1.29 is 9.59 Å². The summed E-state index contributed by atoms with van der Waals surface area (Å²) in [5, 5.41) is 15.4. The van der Waals surface area contributed by atoms with Crippen LogP contribution in [0.15, 0.2) is 54.6 Å². The van der Waals surface area contributed by atoms with Crippen molar-refractivity contribution in [2.45, 2.75) is 58.9 Å². The molecule has 0 spiro atoms. The predicted octanol–water partition coefficient (Wildman–Crippen LogP) is 5.40. The topological polar surface area (TPSA) is 84.0 Å². The first-order valence-electron chi connectivity index (χ1n) is 11.6. The zero-order chi connectivity index (χ0) is 23.6. The molecule has 0 aliphatic rings. The summed E-state index contributed by atoms with van der Waals surface area (Å²) in [7, 11) is 0. The number of carbonyl (C=O) groups is 2. The number of rotatable bonds is 11. The van der Waals surface area contributed by atoms with Crippen molar-refractivity contribution in [3.8, 4) is 10.6 Å². The highest BCUT2D eigenvalue weighted by Gasteiger charge is 2.26. The highest BCUT2D eigenvalue weighted by Crippen LogP contribution is 2.27. The molecule has 7 heteroatoms. The number of carbonyl (C=O) groups excluding carboxylic acids is 2. The Bertz CT molecular complexity index is 1050. The molecule has 1 heterocycles. The highest BCUT2D eigenvalue weighted by molar-refractivity contribution is 7.18. The van der Waals surface area contributed by atoms with Gasteiger partial charge in [0, 0.05) is 17.9 Å². The summed E-state index contributed by atoms with van der Waals surface area (Å²) in [6, 6.07) is 17.0. The van der Waals surface area contributed by atoms with Gasteiger partial charge in [0.15, 0.2) is 0 Å². The van der Waals surface area contributed by atoms with Gasteiger partial charge in [-0.25, -0.2) is 0 Å². The van der Waals surface area contributed by atoms with Crippen LogP contribution >= 0.6 is 11.3 Å². The maximum atomic E-state index is 13.2. The predicted molar refractivity (Wildman–Crippen MR) is 134 cm³/mol. The van der Waals surface area contributed by atoms with Crippen LogP contribution in [0.5, 0.6) is 0 Å².